The zero-order chi connectivity index (χ0) is 27.3. The van der Waals surface area contributed by atoms with Crippen molar-refractivity contribution in [2.24, 2.45) is 29.1 Å². The number of ketones is 1. The topological polar surface area (TPSA) is 89.6 Å². The van der Waals surface area contributed by atoms with Gasteiger partial charge in [-0.05, 0) is 43.6 Å². The first-order valence-corrected chi connectivity index (χ1v) is 13.8. The number of carbonyl (C=O) groups excluding carboxylic acids is 2. The molecule has 1 aromatic heterocycles. The van der Waals surface area contributed by atoms with E-state index in [9.17, 15) is 14.7 Å². The van der Waals surface area contributed by atoms with Crippen molar-refractivity contribution in [1.82, 2.24) is 4.98 Å². The van der Waals surface area contributed by atoms with E-state index in [0.717, 1.165) is 43.7 Å². The van der Waals surface area contributed by atoms with E-state index in [-0.39, 0.29) is 18.1 Å². The molecule has 0 saturated carbocycles. The Hall–Kier alpha value is -1.95. The lowest BCUT2D eigenvalue weighted by Crippen LogP contribution is -2.42. The van der Waals surface area contributed by atoms with Crippen LogP contribution in [0.2, 0.25) is 0 Å². The van der Waals surface area contributed by atoms with E-state index in [4.69, 9.17) is 9.15 Å². The summed E-state index contributed by atoms with van der Waals surface area (Å²) in [5, 5.41) is 10.4. The highest BCUT2D eigenvalue weighted by Crippen LogP contribution is 2.31. The Labute approximate surface area is 219 Å². The number of rotatable bonds is 3. The predicted octanol–water partition coefficient (Wildman–Crippen LogP) is 7.04. The van der Waals surface area contributed by atoms with Crippen molar-refractivity contribution in [2.45, 2.75) is 113 Å². The highest BCUT2D eigenvalue weighted by molar-refractivity contribution is 5.87. The van der Waals surface area contributed by atoms with Crippen LogP contribution in [-0.2, 0) is 20.7 Å². The number of nitrogens with zero attached hydrogens (tertiary/aromatic N) is 1. The average Bonchev–Trinajstić information content (AvgIpc) is 3.23. The number of ether oxygens (including phenoxy) is 1. The van der Waals surface area contributed by atoms with Crippen LogP contribution in [0, 0.1) is 29.1 Å². The van der Waals surface area contributed by atoms with Gasteiger partial charge in [0.05, 0.1) is 24.5 Å². The van der Waals surface area contributed by atoms with E-state index in [1.54, 1.807) is 20.1 Å². The molecule has 1 aliphatic rings. The zero-order valence-electron chi connectivity index (χ0n) is 24.0. The Balaban J connectivity index is 0.000000450. The molecule has 0 radical (unpaired) electrons. The Bertz CT molecular complexity index is 810. The van der Waals surface area contributed by atoms with Gasteiger partial charge in [0.2, 0.25) is 0 Å². The van der Waals surface area contributed by atoms with Gasteiger partial charge in [-0.15, -0.1) is 0 Å². The fourth-order valence-corrected chi connectivity index (χ4v) is 4.60. The minimum atomic E-state index is -1.00. The molecular formula is C30H51NO5. The van der Waals surface area contributed by atoms with Gasteiger partial charge < -0.3 is 14.3 Å². The Morgan fingerprint density at radius 3 is 2.36 bits per heavy atom. The number of carbonyl (C=O) groups is 2. The van der Waals surface area contributed by atoms with Gasteiger partial charge in [0, 0.05) is 12.3 Å². The molecule has 1 N–H and O–H groups in total. The summed E-state index contributed by atoms with van der Waals surface area (Å²) in [5.74, 6) is 1.80. The minimum absolute atomic E-state index is 0.0371. The molecule has 1 fully saturated rings. The molecule has 6 heteroatoms. The van der Waals surface area contributed by atoms with Gasteiger partial charge in [-0.2, -0.15) is 0 Å². The van der Waals surface area contributed by atoms with Gasteiger partial charge in [0.15, 0.2) is 5.89 Å². The molecule has 4 atom stereocenters. The van der Waals surface area contributed by atoms with Crippen molar-refractivity contribution >= 4 is 17.8 Å². The van der Waals surface area contributed by atoms with E-state index < -0.39 is 17.5 Å². The third-order valence-corrected chi connectivity index (χ3v) is 6.94. The summed E-state index contributed by atoms with van der Waals surface area (Å²) >= 11 is 0. The summed E-state index contributed by atoms with van der Waals surface area (Å²) in [5.41, 5.74) is -0.0194. The van der Waals surface area contributed by atoms with Crippen LogP contribution in [-0.4, -0.2) is 34.6 Å². The largest absolute Gasteiger partial charge is 0.465 e. The molecule has 0 bridgehead atoms. The Morgan fingerprint density at radius 1 is 1.11 bits per heavy atom. The lowest BCUT2D eigenvalue weighted by molar-refractivity contribution is -0.151. The van der Waals surface area contributed by atoms with E-state index >= 15 is 0 Å². The quantitative estimate of drug-likeness (QED) is 0.443. The molecule has 3 unspecified atom stereocenters. The van der Waals surface area contributed by atoms with Gasteiger partial charge >= 0.3 is 5.97 Å². The predicted molar refractivity (Wildman–Crippen MR) is 145 cm³/mol. The maximum atomic E-state index is 12.8. The van der Waals surface area contributed by atoms with Crippen molar-refractivity contribution in [2.75, 3.05) is 6.61 Å². The summed E-state index contributed by atoms with van der Waals surface area (Å²) in [6.07, 6.45) is 11.9. The maximum absolute atomic E-state index is 12.8. The fraction of sp³-hybridized carbons (Fsp3) is 0.767. The number of aliphatic hydroxyl groups is 1. The van der Waals surface area contributed by atoms with E-state index in [1.165, 1.54) is 12.8 Å². The molecule has 206 valence electrons. The molecule has 2 rings (SSSR count). The van der Waals surface area contributed by atoms with Crippen molar-refractivity contribution < 1.29 is 23.8 Å². The molecule has 0 amide bonds. The molecule has 1 saturated heterocycles. The van der Waals surface area contributed by atoms with Crippen LogP contribution in [0.5, 0.6) is 0 Å². The molecule has 1 aromatic rings. The first-order valence-electron chi connectivity index (χ1n) is 13.8. The van der Waals surface area contributed by atoms with Crippen molar-refractivity contribution in [1.29, 1.82) is 0 Å². The second kappa shape index (κ2) is 16.0. The zero-order valence-corrected chi connectivity index (χ0v) is 24.0. The summed E-state index contributed by atoms with van der Waals surface area (Å²) in [4.78, 5) is 29.0. The van der Waals surface area contributed by atoms with Gasteiger partial charge in [0.25, 0.3) is 0 Å². The summed E-state index contributed by atoms with van der Waals surface area (Å²) in [6, 6.07) is 0. The number of oxazole rings is 1. The monoisotopic (exact) mass is 505 g/mol. The Morgan fingerprint density at radius 2 is 1.75 bits per heavy atom. The van der Waals surface area contributed by atoms with Crippen molar-refractivity contribution in [3.63, 3.8) is 0 Å². The lowest BCUT2D eigenvalue weighted by Gasteiger charge is -2.32. The molecule has 0 aromatic carbocycles. The lowest BCUT2D eigenvalue weighted by atomic mass is 9.74. The smallest absolute Gasteiger partial charge is 0.308 e. The van der Waals surface area contributed by atoms with Gasteiger partial charge in [0.1, 0.15) is 17.7 Å². The molecule has 36 heavy (non-hydrogen) atoms. The van der Waals surface area contributed by atoms with Crippen LogP contribution in [0.25, 0.3) is 6.08 Å². The van der Waals surface area contributed by atoms with Crippen molar-refractivity contribution in [3.8, 4) is 0 Å². The maximum Gasteiger partial charge on any atom is 0.308 e. The number of hydrogen-bond acceptors (Lipinski definition) is 6. The van der Waals surface area contributed by atoms with Crippen molar-refractivity contribution in [3.05, 3.63) is 23.9 Å². The van der Waals surface area contributed by atoms with E-state index in [0.29, 0.717) is 24.4 Å². The number of esters is 1. The molecule has 1 aliphatic heterocycles. The summed E-state index contributed by atoms with van der Waals surface area (Å²) in [7, 11) is 0. The van der Waals surface area contributed by atoms with Crippen LogP contribution < -0.4 is 0 Å². The van der Waals surface area contributed by atoms with Crippen LogP contribution >= 0.6 is 0 Å². The standard InChI is InChI=1S/C20H36O4.C10H15NO/c1-14-9-7-6-8-10-15(2)13-24-18(22)12-17(21)20(4,5)19(23)16(3)11-14;1-4-5-9-7-12-10(11-9)6-8(2)3/h14-17,21H,6-13H2,1-5H3;4-5,7-8H,6H2,1-3H3/b;5-4-/t14?,15-,16?,17?;/m0./s1. The van der Waals surface area contributed by atoms with Gasteiger partial charge in [-0.1, -0.05) is 80.2 Å². The number of hydrogen-bond donors (Lipinski definition) is 1. The second-order valence-corrected chi connectivity index (χ2v) is 11.7. The third kappa shape index (κ3) is 11.9. The SMILES string of the molecule is C/C=C\c1coc(CC(C)C)n1.CC1CCCCC[C@H](C)COC(=O)CC(O)C(C)(C)C(=O)C(C)C1. The van der Waals surface area contributed by atoms with Gasteiger partial charge in [-0.25, -0.2) is 4.98 Å². The number of Topliss-reactive ketones (excluding diaryl/α,β-unsaturated/α-hetero) is 1. The second-order valence-electron chi connectivity index (χ2n) is 11.7. The van der Waals surface area contributed by atoms with Crippen LogP contribution in [0.3, 0.4) is 0 Å². The minimum Gasteiger partial charge on any atom is -0.465 e. The van der Waals surface area contributed by atoms with Crippen LogP contribution in [0.1, 0.15) is 112 Å². The van der Waals surface area contributed by atoms with E-state index in [1.807, 2.05) is 26.0 Å². The highest BCUT2D eigenvalue weighted by Gasteiger charge is 2.39. The molecular weight excluding hydrogens is 454 g/mol. The first-order chi connectivity index (χ1) is 16.9. The molecule has 0 spiro atoms. The Kier molecular flexibility index (Phi) is 14.3. The molecule has 6 nitrogen and oxygen atoms in total. The van der Waals surface area contributed by atoms with E-state index in [2.05, 4.69) is 32.7 Å². The molecule has 0 aliphatic carbocycles. The normalized spacial score (nSPS) is 26.9. The number of aromatic nitrogens is 1. The van der Waals surface area contributed by atoms with Crippen LogP contribution in [0.4, 0.5) is 0 Å². The number of cyclic esters (lactones) is 1. The number of aliphatic hydroxyl groups excluding tert-OH is 1. The first kappa shape index (κ1) is 32.1. The highest BCUT2D eigenvalue weighted by atomic mass is 16.5. The number of allylic oxidation sites excluding steroid dienone is 1. The summed E-state index contributed by atoms with van der Waals surface area (Å²) in [6.45, 7) is 16.4. The average molecular weight is 506 g/mol. The molecule has 2 heterocycles. The third-order valence-electron chi connectivity index (χ3n) is 6.94. The van der Waals surface area contributed by atoms with Crippen LogP contribution in [0.15, 0.2) is 16.8 Å². The van der Waals surface area contributed by atoms with Gasteiger partial charge in [-0.3, -0.25) is 9.59 Å². The summed E-state index contributed by atoms with van der Waals surface area (Å²) < 4.78 is 10.6. The fourth-order valence-electron chi connectivity index (χ4n) is 4.60.